The number of hydrogen-bond acceptors (Lipinski definition) is 4. The average Bonchev–Trinajstić information content (AvgIpc) is 2.79. The monoisotopic (exact) mass is 296 g/mol. The number of nitrogens with zero attached hydrogens (tertiary/aromatic N) is 1. The second-order valence-electron chi connectivity index (χ2n) is 4.45. The van der Waals surface area contributed by atoms with Crippen LogP contribution in [-0.2, 0) is 6.42 Å². The summed E-state index contributed by atoms with van der Waals surface area (Å²) in [5.74, 6) is 0. The summed E-state index contributed by atoms with van der Waals surface area (Å²) in [6.07, 6.45) is 3.33. The van der Waals surface area contributed by atoms with E-state index in [4.69, 9.17) is 21.8 Å². The third kappa shape index (κ3) is 3.75. The summed E-state index contributed by atoms with van der Waals surface area (Å²) in [6.45, 7) is 3.98. The van der Waals surface area contributed by atoms with Gasteiger partial charge in [-0.25, -0.2) is 4.98 Å². The summed E-state index contributed by atoms with van der Waals surface area (Å²) in [5, 5.41) is 1.38. The van der Waals surface area contributed by atoms with Gasteiger partial charge in [0.25, 0.3) is 5.22 Å². The first-order valence-electron chi connectivity index (χ1n) is 6.23. The topological polar surface area (TPSA) is 52.0 Å². The third-order valence-electron chi connectivity index (χ3n) is 2.86. The van der Waals surface area contributed by atoms with Gasteiger partial charge in [-0.3, -0.25) is 0 Å². The van der Waals surface area contributed by atoms with E-state index >= 15 is 0 Å². The Morgan fingerprint density at radius 1 is 1.47 bits per heavy atom. The predicted octanol–water partition coefficient (Wildman–Crippen LogP) is 4.07. The minimum atomic E-state index is 0.116. The average molecular weight is 297 g/mol. The molecule has 0 aliphatic carbocycles. The summed E-state index contributed by atoms with van der Waals surface area (Å²) in [5.41, 5.74) is 7.97. The standard InChI is InChI=1S/C14H17ClN2OS/c1-3-10(16)7-11-12(15)5-4-6-13(11)19-14-17-9(2)8-18-14/h4-6,8,10H,3,7,16H2,1-2H3. The zero-order chi connectivity index (χ0) is 13.8. The molecular formula is C14H17ClN2OS. The van der Waals surface area contributed by atoms with Crippen LogP contribution in [0.25, 0.3) is 0 Å². The Balaban J connectivity index is 2.26. The SMILES string of the molecule is CCC(N)Cc1c(Cl)cccc1Sc1nc(C)co1. The van der Waals surface area contributed by atoms with Gasteiger partial charge < -0.3 is 10.2 Å². The van der Waals surface area contributed by atoms with Crippen molar-refractivity contribution in [2.24, 2.45) is 5.73 Å². The molecule has 0 radical (unpaired) electrons. The van der Waals surface area contributed by atoms with Crippen LogP contribution in [0.15, 0.2) is 39.0 Å². The van der Waals surface area contributed by atoms with Crippen LogP contribution in [0, 0.1) is 6.92 Å². The minimum Gasteiger partial charge on any atom is -0.439 e. The predicted molar refractivity (Wildman–Crippen MR) is 78.8 cm³/mol. The largest absolute Gasteiger partial charge is 0.439 e. The zero-order valence-corrected chi connectivity index (χ0v) is 12.6. The van der Waals surface area contributed by atoms with Crippen molar-refractivity contribution in [3.63, 3.8) is 0 Å². The maximum atomic E-state index is 6.28. The fraction of sp³-hybridized carbons (Fsp3) is 0.357. The summed E-state index contributed by atoms with van der Waals surface area (Å²) in [6, 6.07) is 5.96. The number of nitrogens with two attached hydrogens (primary N) is 1. The summed E-state index contributed by atoms with van der Waals surface area (Å²) >= 11 is 7.77. The summed E-state index contributed by atoms with van der Waals surface area (Å²) in [4.78, 5) is 5.35. The summed E-state index contributed by atoms with van der Waals surface area (Å²) < 4.78 is 5.37. The molecule has 3 nitrogen and oxygen atoms in total. The van der Waals surface area contributed by atoms with Crippen molar-refractivity contribution in [1.29, 1.82) is 0 Å². The molecule has 102 valence electrons. The van der Waals surface area contributed by atoms with Crippen molar-refractivity contribution in [3.8, 4) is 0 Å². The van der Waals surface area contributed by atoms with E-state index in [1.54, 1.807) is 6.26 Å². The molecule has 1 atom stereocenters. The maximum Gasteiger partial charge on any atom is 0.260 e. The number of aryl methyl sites for hydroxylation is 1. The van der Waals surface area contributed by atoms with Gasteiger partial charge in [0.1, 0.15) is 6.26 Å². The highest BCUT2D eigenvalue weighted by atomic mass is 35.5. The van der Waals surface area contributed by atoms with Gasteiger partial charge >= 0.3 is 0 Å². The number of oxazole rings is 1. The molecule has 0 amide bonds. The van der Waals surface area contributed by atoms with Gasteiger partial charge in [0.05, 0.1) is 5.69 Å². The van der Waals surface area contributed by atoms with Crippen molar-refractivity contribution in [1.82, 2.24) is 4.98 Å². The maximum absolute atomic E-state index is 6.28. The molecule has 0 spiro atoms. The van der Waals surface area contributed by atoms with Crippen LogP contribution in [0.5, 0.6) is 0 Å². The van der Waals surface area contributed by atoms with Crippen LogP contribution in [0.2, 0.25) is 5.02 Å². The van der Waals surface area contributed by atoms with Crippen LogP contribution >= 0.6 is 23.4 Å². The molecule has 1 unspecified atom stereocenters. The molecule has 0 bridgehead atoms. The number of rotatable bonds is 5. The van der Waals surface area contributed by atoms with E-state index in [-0.39, 0.29) is 6.04 Å². The first-order chi connectivity index (χ1) is 9.10. The molecule has 0 saturated carbocycles. The summed E-state index contributed by atoms with van der Waals surface area (Å²) in [7, 11) is 0. The van der Waals surface area contributed by atoms with Crippen LogP contribution < -0.4 is 5.73 Å². The first-order valence-corrected chi connectivity index (χ1v) is 7.42. The lowest BCUT2D eigenvalue weighted by molar-refractivity contribution is 0.454. The van der Waals surface area contributed by atoms with Gasteiger partial charge in [0.15, 0.2) is 0 Å². The van der Waals surface area contributed by atoms with E-state index < -0.39 is 0 Å². The lowest BCUT2D eigenvalue weighted by atomic mass is 10.0. The number of halogens is 1. The van der Waals surface area contributed by atoms with Crippen LogP contribution in [0.1, 0.15) is 24.6 Å². The highest BCUT2D eigenvalue weighted by Crippen LogP contribution is 2.34. The fourth-order valence-corrected chi connectivity index (χ4v) is 2.96. The first kappa shape index (κ1) is 14.4. The second-order valence-corrected chi connectivity index (χ2v) is 5.85. The van der Waals surface area contributed by atoms with Gasteiger partial charge in [-0.1, -0.05) is 24.6 Å². The molecule has 1 aromatic heterocycles. The molecule has 19 heavy (non-hydrogen) atoms. The van der Waals surface area contributed by atoms with Crippen LogP contribution in [0.4, 0.5) is 0 Å². The van der Waals surface area contributed by atoms with Gasteiger partial charge in [-0.15, -0.1) is 0 Å². The second kappa shape index (κ2) is 6.46. The molecule has 1 aromatic carbocycles. The Morgan fingerprint density at radius 2 is 2.26 bits per heavy atom. The van der Waals surface area contributed by atoms with E-state index in [1.165, 1.54) is 11.8 Å². The lowest BCUT2D eigenvalue weighted by Gasteiger charge is -2.13. The highest BCUT2D eigenvalue weighted by Gasteiger charge is 2.13. The Bertz CT molecular complexity index is 556. The molecule has 0 aliphatic rings. The molecule has 0 fully saturated rings. The normalized spacial score (nSPS) is 12.6. The minimum absolute atomic E-state index is 0.116. The molecule has 2 rings (SSSR count). The van der Waals surface area contributed by atoms with Gasteiger partial charge in [-0.2, -0.15) is 0 Å². The molecular weight excluding hydrogens is 280 g/mol. The quantitative estimate of drug-likeness (QED) is 0.903. The fourth-order valence-electron chi connectivity index (χ4n) is 1.71. The number of aromatic nitrogens is 1. The van der Waals surface area contributed by atoms with E-state index in [1.807, 2.05) is 25.1 Å². The molecule has 2 aromatic rings. The molecule has 5 heteroatoms. The lowest BCUT2D eigenvalue weighted by Crippen LogP contribution is -2.21. The van der Waals surface area contributed by atoms with Crippen molar-refractivity contribution < 1.29 is 4.42 Å². The Hall–Kier alpha value is -0.970. The van der Waals surface area contributed by atoms with Gasteiger partial charge in [-0.05, 0) is 49.2 Å². The van der Waals surface area contributed by atoms with Gasteiger partial charge in [0, 0.05) is 16.0 Å². The third-order valence-corrected chi connectivity index (χ3v) is 4.18. The van der Waals surface area contributed by atoms with Crippen molar-refractivity contribution in [2.75, 3.05) is 0 Å². The molecule has 1 heterocycles. The smallest absolute Gasteiger partial charge is 0.260 e. The van der Waals surface area contributed by atoms with E-state index in [9.17, 15) is 0 Å². The molecule has 0 aliphatic heterocycles. The van der Waals surface area contributed by atoms with Crippen molar-refractivity contribution in [2.45, 2.75) is 42.8 Å². The highest BCUT2D eigenvalue weighted by molar-refractivity contribution is 7.99. The van der Waals surface area contributed by atoms with E-state index in [0.29, 0.717) is 5.22 Å². The Labute approximate surface area is 122 Å². The molecule has 2 N–H and O–H groups in total. The van der Waals surface area contributed by atoms with E-state index in [2.05, 4.69) is 11.9 Å². The van der Waals surface area contributed by atoms with E-state index in [0.717, 1.165) is 34.0 Å². The number of benzene rings is 1. The van der Waals surface area contributed by atoms with Gasteiger partial charge in [0.2, 0.25) is 0 Å². The van der Waals surface area contributed by atoms with Crippen LogP contribution in [0.3, 0.4) is 0 Å². The number of hydrogen-bond donors (Lipinski definition) is 1. The Morgan fingerprint density at radius 3 is 2.89 bits per heavy atom. The van der Waals surface area contributed by atoms with Crippen molar-refractivity contribution in [3.05, 3.63) is 40.7 Å². The van der Waals surface area contributed by atoms with Crippen molar-refractivity contribution >= 4 is 23.4 Å². The Kier molecular flexibility index (Phi) is 4.91. The molecule has 0 saturated heterocycles. The van der Waals surface area contributed by atoms with Crippen LogP contribution in [-0.4, -0.2) is 11.0 Å². The zero-order valence-electron chi connectivity index (χ0n) is 11.0.